The highest BCUT2D eigenvalue weighted by molar-refractivity contribution is 5.26. The van der Waals surface area contributed by atoms with Gasteiger partial charge in [-0.05, 0) is 18.1 Å². The molecular formula is C13H15N3O4. The van der Waals surface area contributed by atoms with Crippen LogP contribution in [0.3, 0.4) is 0 Å². The molecule has 0 fully saturated rings. The molecule has 7 heteroatoms. The summed E-state index contributed by atoms with van der Waals surface area (Å²) in [7, 11) is 1.49. The van der Waals surface area contributed by atoms with Gasteiger partial charge in [-0.15, -0.1) is 0 Å². The van der Waals surface area contributed by atoms with Crippen LogP contribution in [0.5, 0.6) is 11.8 Å². The first-order valence-electron chi connectivity index (χ1n) is 6.10. The Morgan fingerprint density at radius 2 is 2.20 bits per heavy atom. The van der Waals surface area contributed by atoms with Crippen LogP contribution >= 0.6 is 0 Å². The van der Waals surface area contributed by atoms with Crippen molar-refractivity contribution in [2.75, 3.05) is 7.11 Å². The lowest BCUT2D eigenvalue weighted by molar-refractivity contribution is 0.393. The maximum Gasteiger partial charge on any atom is 0.331 e. The fourth-order valence-electron chi connectivity index (χ4n) is 1.91. The molecule has 2 aromatic heterocycles. The van der Waals surface area contributed by atoms with Gasteiger partial charge in [-0.2, -0.15) is 0 Å². The van der Waals surface area contributed by atoms with E-state index in [9.17, 15) is 14.7 Å². The van der Waals surface area contributed by atoms with Crippen LogP contribution in [0.25, 0.3) is 0 Å². The van der Waals surface area contributed by atoms with Gasteiger partial charge in [0.25, 0.3) is 5.56 Å². The number of aromatic hydroxyl groups is 1. The maximum absolute atomic E-state index is 11.8. The molecule has 0 saturated heterocycles. The van der Waals surface area contributed by atoms with E-state index in [-0.39, 0.29) is 18.0 Å². The lowest BCUT2D eigenvalue weighted by Crippen LogP contribution is -2.32. The predicted octanol–water partition coefficient (Wildman–Crippen LogP) is 0.256. The van der Waals surface area contributed by atoms with Crippen LogP contribution < -0.4 is 16.0 Å². The Morgan fingerprint density at radius 1 is 1.45 bits per heavy atom. The molecule has 0 spiro atoms. The third-order valence-electron chi connectivity index (χ3n) is 2.97. The Balaban J connectivity index is 2.48. The van der Waals surface area contributed by atoms with Crippen molar-refractivity contribution in [3.05, 3.63) is 50.3 Å². The van der Waals surface area contributed by atoms with Crippen molar-refractivity contribution >= 4 is 0 Å². The minimum atomic E-state index is -0.652. The number of H-pyrrole nitrogens is 1. The summed E-state index contributed by atoms with van der Waals surface area (Å²) in [5, 5.41) is 10.0. The summed E-state index contributed by atoms with van der Waals surface area (Å²) in [5.41, 5.74) is -0.298. The Hall–Kier alpha value is -2.57. The summed E-state index contributed by atoms with van der Waals surface area (Å²) >= 11 is 0. The van der Waals surface area contributed by atoms with E-state index < -0.39 is 11.2 Å². The lowest BCUT2D eigenvalue weighted by Gasteiger charge is -2.11. The van der Waals surface area contributed by atoms with E-state index in [2.05, 4.69) is 9.97 Å². The van der Waals surface area contributed by atoms with Gasteiger partial charge in [0.05, 0.1) is 19.2 Å². The van der Waals surface area contributed by atoms with Crippen LogP contribution in [0.1, 0.15) is 18.1 Å². The molecule has 0 saturated carbocycles. The van der Waals surface area contributed by atoms with Crippen LogP contribution in [-0.2, 0) is 13.0 Å². The molecule has 106 valence electrons. The number of ether oxygens (including phenoxy) is 1. The van der Waals surface area contributed by atoms with Crippen LogP contribution in [-0.4, -0.2) is 26.8 Å². The fraction of sp³-hybridized carbons (Fsp3) is 0.308. The second kappa shape index (κ2) is 5.60. The number of hydrogen-bond acceptors (Lipinski definition) is 5. The van der Waals surface area contributed by atoms with Crippen molar-refractivity contribution in [3.8, 4) is 11.8 Å². The van der Waals surface area contributed by atoms with Crippen LogP contribution in [0.15, 0.2) is 27.9 Å². The smallest absolute Gasteiger partial charge is 0.331 e. The van der Waals surface area contributed by atoms with E-state index in [1.165, 1.54) is 7.11 Å². The van der Waals surface area contributed by atoms with Gasteiger partial charge >= 0.3 is 5.69 Å². The second-order valence-corrected chi connectivity index (χ2v) is 4.21. The Morgan fingerprint density at radius 3 is 2.85 bits per heavy atom. The normalized spacial score (nSPS) is 10.5. The first kappa shape index (κ1) is 13.9. The molecule has 0 radical (unpaired) electrons. The second-order valence-electron chi connectivity index (χ2n) is 4.21. The quantitative estimate of drug-likeness (QED) is 0.835. The zero-order valence-electron chi connectivity index (χ0n) is 11.2. The largest absolute Gasteiger partial charge is 0.494 e. The molecule has 0 atom stereocenters. The molecule has 0 aliphatic heterocycles. The number of nitrogens with one attached hydrogen (secondary N) is 1. The highest BCUT2D eigenvalue weighted by Crippen LogP contribution is 2.14. The number of methoxy groups -OCH3 is 1. The molecule has 0 aromatic carbocycles. The van der Waals surface area contributed by atoms with Gasteiger partial charge in [0, 0.05) is 12.3 Å². The molecule has 0 aliphatic rings. The lowest BCUT2D eigenvalue weighted by atomic mass is 10.2. The predicted molar refractivity (Wildman–Crippen MR) is 72.3 cm³/mol. The molecule has 7 nitrogen and oxygen atoms in total. The fourth-order valence-corrected chi connectivity index (χ4v) is 1.91. The number of pyridine rings is 1. The standard InChI is InChI=1S/C13H15N3O4/c1-3-9-11(17)15-13(19)16(12(9)18)7-8-4-5-14-10(6-8)20-2/h4-6,18H,3,7H2,1-2H3,(H,15,17,19). The summed E-state index contributed by atoms with van der Waals surface area (Å²) in [5.74, 6) is 0.104. The number of hydrogen-bond donors (Lipinski definition) is 2. The number of aromatic amines is 1. The summed E-state index contributed by atoms with van der Waals surface area (Å²) in [4.78, 5) is 29.5. The summed E-state index contributed by atoms with van der Waals surface area (Å²) in [6.45, 7) is 1.85. The SMILES string of the molecule is CCc1c(O)n(Cc2ccnc(OC)c2)c(=O)[nH]c1=O. The maximum atomic E-state index is 11.8. The summed E-state index contributed by atoms with van der Waals surface area (Å²) < 4.78 is 6.10. The van der Waals surface area contributed by atoms with Crippen LogP contribution in [0.2, 0.25) is 0 Å². The van der Waals surface area contributed by atoms with E-state index in [4.69, 9.17) is 4.74 Å². The first-order chi connectivity index (χ1) is 9.56. The molecule has 20 heavy (non-hydrogen) atoms. The molecule has 2 rings (SSSR count). The van der Waals surface area contributed by atoms with Crippen molar-refractivity contribution in [1.29, 1.82) is 0 Å². The van der Waals surface area contributed by atoms with Gasteiger partial charge in [0.15, 0.2) is 0 Å². The molecular weight excluding hydrogens is 262 g/mol. The van der Waals surface area contributed by atoms with Crippen LogP contribution in [0, 0.1) is 0 Å². The molecule has 0 bridgehead atoms. The van der Waals surface area contributed by atoms with E-state index in [0.29, 0.717) is 12.3 Å². The molecule has 0 aliphatic carbocycles. The molecule has 0 unspecified atom stereocenters. The summed E-state index contributed by atoms with van der Waals surface area (Å²) in [6.07, 6.45) is 1.88. The van der Waals surface area contributed by atoms with Crippen molar-refractivity contribution in [2.24, 2.45) is 0 Å². The Bertz CT molecular complexity index is 733. The monoisotopic (exact) mass is 277 g/mol. The van der Waals surface area contributed by atoms with Crippen molar-refractivity contribution in [3.63, 3.8) is 0 Å². The van der Waals surface area contributed by atoms with E-state index >= 15 is 0 Å². The first-order valence-corrected chi connectivity index (χ1v) is 6.10. The van der Waals surface area contributed by atoms with Gasteiger partial charge in [0.1, 0.15) is 0 Å². The van der Waals surface area contributed by atoms with Crippen LogP contribution in [0.4, 0.5) is 0 Å². The zero-order chi connectivity index (χ0) is 14.7. The van der Waals surface area contributed by atoms with E-state index in [1.807, 2.05) is 0 Å². The minimum Gasteiger partial charge on any atom is -0.494 e. The third kappa shape index (κ3) is 2.56. The van der Waals surface area contributed by atoms with Gasteiger partial charge < -0.3 is 9.84 Å². The van der Waals surface area contributed by atoms with Gasteiger partial charge in [-0.3, -0.25) is 14.3 Å². The van der Waals surface area contributed by atoms with Crippen molar-refractivity contribution in [1.82, 2.24) is 14.5 Å². The molecule has 2 N–H and O–H groups in total. The number of nitrogens with zero attached hydrogens (tertiary/aromatic N) is 2. The highest BCUT2D eigenvalue weighted by Gasteiger charge is 2.13. The number of aromatic nitrogens is 3. The van der Waals surface area contributed by atoms with Crippen molar-refractivity contribution in [2.45, 2.75) is 19.9 Å². The molecule has 2 heterocycles. The third-order valence-corrected chi connectivity index (χ3v) is 2.97. The topological polar surface area (TPSA) is 97.2 Å². The van der Waals surface area contributed by atoms with Crippen molar-refractivity contribution < 1.29 is 9.84 Å². The van der Waals surface area contributed by atoms with Gasteiger partial charge in [0.2, 0.25) is 11.8 Å². The van der Waals surface area contributed by atoms with E-state index in [1.54, 1.807) is 25.3 Å². The Labute approximate surface area is 114 Å². The summed E-state index contributed by atoms with van der Waals surface area (Å²) in [6, 6.07) is 3.35. The minimum absolute atomic E-state index is 0.118. The average molecular weight is 277 g/mol. The number of rotatable bonds is 4. The van der Waals surface area contributed by atoms with Gasteiger partial charge in [-0.25, -0.2) is 9.78 Å². The average Bonchev–Trinajstić information content (AvgIpc) is 2.44. The zero-order valence-corrected chi connectivity index (χ0v) is 11.2. The molecule has 2 aromatic rings. The highest BCUT2D eigenvalue weighted by atomic mass is 16.5. The van der Waals surface area contributed by atoms with E-state index in [0.717, 1.165) is 10.1 Å². The molecule has 0 amide bonds. The van der Waals surface area contributed by atoms with Gasteiger partial charge in [-0.1, -0.05) is 6.92 Å². The Kier molecular flexibility index (Phi) is 3.88.